The molecule has 3 nitrogen and oxygen atoms in total. The zero-order valence-corrected chi connectivity index (χ0v) is 5.39. The van der Waals surface area contributed by atoms with E-state index in [4.69, 9.17) is 0 Å². The van der Waals surface area contributed by atoms with Crippen molar-refractivity contribution in [2.45, 2.75) is 12.8 Å². The molecular formula is C6H9NO2. The Kier molecular flexibility index (Phi) is 1.51. The van der Waals surface area contributed by atoms with Crippen LogP contribution < -0.4 is 0 Å². The summed E-state index contributed by atoms with van der Waals surface area (Å²) in [6.45, 7) is 0.727. The standard InChI is InChI=1S/C6H9NO2/c1-7-4-2-3-5(8)6(7)9/h2-4H2,1H3. The van der Waals surface area contributed by atoms with E-state index in [-0.39, 0.29) is 11.7 Å². The molecule has 1 saturated heterocycles. The van der Waals surface area contributed by atoms with Crippen LogP contribution in [-0.4, -0.2) is 30.2 Å². The van der Waals surface area contributed by atoms with Gasteiger partial charge in [0.25, 0.3) is 5.91 Å². The smallest absolute Gasteiger partial charge is 0.289 e. The molecule has 0 bridgehead atoms. The molecule has 1 aliphatic heterocycles. The number of rotatable bonds is 0. The zero-order chi connectivity index (χ0) is 6.85. The molecule has 3 heteroatoms. The first-order valence-electron chi connectivity index (χ1n) is 3.00. The molecule has 0 saturated carbocycles. The molecule has 1 amide bonds. The molecule has 1 aliphatic rings. The monoisotopic (exact) mass is 127 g/mol. The lowest BCUT2D eigenvalue weighted by molar-refractivity contribution is -0.145. The highest BCUT2D eigenvalue weighted by Crippen LogP contribution is 2.03. The minimum Gasteiger partial charge on any atom is -0.339 e. The molecule has 0 aromatic heterocycles. The average Bonchev–Trinajstić information content (AvgIpc) is 1.83. The quantitative estimate of drug-likeness (QED) is 0.423. The Morgan fingerprint density at radius 3 is 2.56 bits per heavy atom. The van der Waals surface area contributed by atoms with Crippen molar-refractivity contribution in [1.82, 2.24) is 4.90 Å². The van der Waals surface area contributed by atoms with Crippen LogP contribution in [0.2, 0.25) is 0 Å². The molecule has 0 spiro atoms. The lowest BCUT2D eigenvalue weighted by Gasteiger charge is -2.19. The predicted molar refractivity (Wildman–Crippen MR) is 31.9 cm³/mol. The highest BCUT2D eigenvalue weighted by atomic mass is 16.2. The number of hydrogen-bond donors (Lipinski definition) is 0. The fraction of sp³-hybridized carbons (Fsp3) is 0.667. The maximum Gasteiger partial charge on any atom is 0.289 e. The molecule has 0 N–H and O–H groups in total. The number of Topliss-reactive ketones (excluding diaryl/α,β-unsaturated/α-hetero) is 1. The summed E-state index contributed by atoms with van der Waals surface area (Å²) in [5.41, 5.74) is 0. The zero-order valence-electron chi connectivity index (χ0n) is 5.39. The SMILES string of the molecule is CN1CCCC(=O)C1=O. The summed E-state index contributed by atoms with van der Waals surface area (Å²) >= 11 is 0. The molecule has 0 unspecified atom stereocenters. The van der Waals surface area contributed by atoms with Gasteiger partial charge >= 0.3 is 0 Å². The lowest BCUT2D eigenvalue weighted by Crippen LogP contribution is -2.38. The van der Waals surface area contributed by atoms with Gasteiger partial charge in [-0.15, -0.1) is 0 Å². The van der Waals surface area contributed by atoms with Crippen LogP contribution in [0.1, 0.15) is 12.8 Å². The Morgan fingerprint density at radius 1 is 1.44 bits per heavy atom. The topological polar surface area (TPSA) is 37.4 Å². The van der Waals surface area contributed by atoms with E-state index in [1.165, 1.54) is 4.90 Å². The fourth-order valence-electron chi connectivity index (χ4n) is 0.898. The van der Waals surface area contributed by atoms with Gasteiger partial charge in [0.2, 0.25) is 5.78 Å². The molecule has 1 rings (SSSR count). The second-order valence-electron chi connectivity index (χ2n) is 2.25. The average molecular weight is 127 g/mol. The van der Waals surface area contributed by atoms with Crippen molar-refractivity contribution in [1.29, 1.82) is 0 Å². The number of carbonyl (C=O) groups excluding carboxylic acids is 2. The van der Waals surface area contributed by atoms with Crippen molar-refractivity contribution < 1.29 is 9.59 Å². The van der Waals surface area contributed by atoms with Gasteiger partial charge in [0.15, 0.2) is 0 Å². The molecule has 0 aromatic rings. The second kappa shape index (κ2) is 2.17. The van der Waals surface area contributed by atoms with Gasteiger partial charge in [-0.3, -0.25) is 9.59 Å². The number of ketones is 1. The summed E-state index contributed by atoms with van der Waals surface area (Å²) < 4.78 is 0. The fourth-order valence-corrected chi connectivity index (χ4v) is 0.898. The van der Waals surface area contributed by atoms with Gasteiger partial charge in [-0.2, -0.15) is 0 Å². The molecule has 0 aromatic carbocycles. The first-order valence-corrected chi connectivity index (χ1v) is 3.00. The number of nitrogens with zero attached hydrogens (tertiary/aromatic N) is 1. The minimum atomic E-state index is -0.332. The Hall–Kier alpha value is -0.860. The maximum atomic E-state index is 10.7. The van der Waals surface area contributed by atoms with Crippen LogP contribution in [0.4, 0.5) is 0 Å². The maximum absolute atomic E-state index is 10.7. The van der Waals surface area contributed by atoms with Gasteiger partial charge in [-0.05, 0) is 6.42 Å². The van der Waals surface area contributed by atoms with Crippen molar-refractivity contribution in [3.05, 3.63) is 0 Å². The largest absolute Gasteiger partial charge is 0.339 e. The second-order valence-corrected chi connectivity index (χ2v) is 2.25. The first kappa shape index (κ1) is 6.26. The van der Waals surface area contributed by atoms with Gasteiger partial charge in [-0.1, -0.05) is 0 Å². The third-order valence-electron chi connectivity index (χ3n) is 1.48. The van der Waals surface area contributed by atoms with Crippen molar-refractivity contribution in [3.63, 3.8) is 0 Å². The summed E-state index contributed by atoms with van der Waals surface area (Å²) in [6, 6.07) is 0. The number of amides is 1. The Morgan fingerprint density at radius 2 is 2.11 bits per heavy atom. The highest BCUT2D eigenvalue weighted by molar-refractivity contribution is 6.36. The summed E-state index contributed by atoms with van der Waals surface area (Å²) in [5, 5.41) is 0. The van der Waals surface area contributed by atoms with Crippen molar-refractivity contribution in [2.24, 2.45) is 0 Å². The number of piperidine rings is 1. The van der Waals surface area contributed by atoms with E-state index < -0.39 is 0 Å². The minimum absolute atomic E-state index is 0.247. The van der Waals surface area contributed by atoms with Gasteiger partial charge in [0, 0.05) is 20.0 Å². The van der Waals surface area contributed by atoms with Gasteiger partial charge < -0.3 is 4.90 Å². The van der Waals surface area contributed by atoms with Crippen LogP contribution in [0.25, 0.3) is 0 Å². The normalized spacial score (nSPS) is 20.8. The van der Waals surface area contributed by atoms with E-state index in [1.807, 2.05) is 0 Å². The van der Waals surface area contributed by atoms with Crippen LogP contribution in [0.3, 0.4) is 0 Å². The van der Waals surface area contributed by atoms with Crippen LogP contribution in [0.5, 0.6) is 0 Å². The molecule has 0 radical (unpaired) electrons. The Bertz CT molecular complexity index is 153. The first-order chi connectivity index (χ1) is 4.22. The molecular weight excluding hydrogens is 118 g/mol. The van der Waals surface area contributed by atoms with Crippen molar-refractivity contribution in [3.8, 4) is 0 Å². The Labute approximate surface area is 53.6 Å². The molecule has 9 heavy (non-hydrogen) atoms. The van der Waals surface area contributed by atoms with Crippen LogP contribution in [0, 0.1) is 0 Å². The van der Waals surface area contributed by atoms with Crippen molar-refractivity contribution >= 4 is 11.7 Å². The van der Waals surface area contributed by atoms with E-state index >= 15 is 0 Å². The molecule has 1 fully saturated rings. The molecule has 0 atom stereocenters. The predicted octanol–water partition coefficient (Wildman–Crippen LogP) is -0.192. The third kappa shape index (κ3) is 1.09. The van der Waals surface area contributed by atoms with Gasteiger partial charge in [0.05, 0.1) is 0 Å². The number of likely N-dealkylation sites (N-methyl/N-ethyl adjacent to an activating group) is 1. The van der Waals surface area contributed by atoms with Crippen molar-refractivity contribution in [2.75, 3.05) is 13.6 Å². The number of likely N-dealkylation sites (tertiary alicyclic amines) is 1. The van der Waals surface area contributed by atoms with E-state index in [9.17, 15) is 9.59 Å². The summed E-state index contributed by atoms with van der Waals surface area (Å²) in [5.74, 6) is -0.579. The number of carbonyl (C=O) groups is 2. The van der Waals surface area contributed by atoms with Crippen LogP contribution in [0.15, 0.2) is 0 Å². The van der Waals surface area contributed by atoms with E-state index in [0.29, 0.717) is 6.42 Å². The molecule has 50 valence electrons. The summed E-state index contributed by atoms with van der Waals surface area (Å²) in [7, 11) is 1.65. The van der Waals surface area contributed by atoms with Gasteiger partial charge in [-0.25, -0.2) is 0 Å². The van der Waals surface area contributed by atoms with E-state index in [2.05, 4.69) is 0 Å². The molecule has 1 heterocycles. The van der Waals surface area contributed by atoms with Crippen LogP contribution in [-0.2, 0) is 9.59 Å². The van der Waals surface area contributed by atoms with Crippen LogP contribution >= 0.6 is 0 Å². The van der Waals surface area contributed by atoms with E-state index in [0.717, 1.165) is 13.0 Å². The summed E-state index contributed by atoms with van der Waals surface area (Å²) in [4.78, 5) is 22.8. The summed E-state index contributed by atoms with van der Waals surface area (Å²) in [6.07, 6.45) is 1.25. The third-order valence-corrected chi connectivity index (χ3v) is 1.48. The van der Waals surface area contributed by atoms with Gasteiger partial charge in [0.1, 0.15) is 0 Å². The molecule has 0 aliphatic carbocycles. The van der Waals surface area contributed by atoms with E-state index in [1.54, 1.807) is 7.05 Å². The Balaban J connectivity index is 2.62. The lowest BCUT2D eigenvalue weighted by atomic mass is 10.1. The number of hydrogen-bond acceptors (Lipinski definition) is 2. The highest BCUT2D eigenvalue weighted by Gasteiger charge is 2.22.